The zero-order valence-corrected chi connectivity index (χ0v) is 16.2. The van der Waals surface area contributed by atoms with Crippen molar-refractivity contribution in [3.05, 3.63) is 0 Å². The number of hydrogen-bond acceptors (Lipinski definition) is 4. The molecule has 0 amide bonds. The monoisotopic (exact) mass is 351 g/mol. The van der Waals surface area contributed by atoms with Crippen LogP contribution in [0.5, 0.6) is 0 Å². The van der Waals surface area contributed by atoms with Crippen molar-refractivity contribution in [2.24, 2.45) is 4.99 Å². The normalized spacial score (nSPS) is 25.9. The zero-order chi connectivity index (χ0) is 17.5. The maximum atomic E-state index is 5.24. The Labute approximate surface area is 153 Å². The van der Waals surface area contributed by atoms with Crippen molar-refractivity contribution >= 4 is 5.96 Å². The lowest BCUT2D eigenvalue weighted by atomic mass is 10.2. The topological polar surface area (TPSA) is 52.1 Å². The number of hydrogen-bond donors (Lipinski definition) is 2. The van der Waals surface area contributed by atoms with E-state index >= 15 is 0 Å². The van der Waals surface area contributed by atoms with E-state index in [0.29, 0.717) is 6.04 Å². The van der Waals surface area contributed by atoms with Crippen LogP contribution in [0.3, 0.4) is 0 Å². The summed E-state index contributed by atoms with van der Waals surface area (Å²) in [7, 11) is 3.66. The highest BCUT2D eigenvalue weighted by Gasteiger charge is 2.30. The van der Waals surface area contributed by atoms with Gasteiger partial charge in [-0.05, 0) is 32.1 Å². The molecular formula is C19H37N5O. The highest BCUT2D eigenvalue weighted by Crippen LogP contribution is 2.27. The number of rotatable bonds is 9. The summed E-state index contributed by atoms with van der Waals surface area (Å²) in [6, 6.07) is 2.16. The Hall–Kier alpha value is -0.850. The summed E-state index contributed by atoms with van der Waals surface area (Å²) in [6.45, 7) is 6.28. The van der Waals surface area contributed by atoms with Gasteiger partial charge in [-0.25, -0.2) is 0 Å². The van der Waals surface area contributed by atoms with E-state index in [-0.39, 0.29) is 0 Å². The molecule has 0 aromatic heterocycles. The number of ether oxygens (including phenoxy) is 1. The van der Waals surface area contributed by atoms with E-state index in [2.05, 4.69) is 25.4 Å². The van der Waals surface area contributed by atoms with E-state index in [1.807, 2.05) is 7.05 Å². The standard InChI is InChI=1S/C19H37N5O/c1-20-19(21-10-12-23(13-14-25-2)18-7-8-18)22-16-9-11-24(15-16)17-5-3-4-6-17/h16-18H,3-15H2,1-2H3,(H2,20,21,22). The van der Waals surface area contributed by atoms with Gasteiger partial charge in [0, 0.05) is 65.0 Å². The zero-order valence-electron chi connectivity index (χ0n) is 16.2. The third kappa shape index (κ3) is 5.83. The lowest BCUT2D eigenvalue weighted by Gasteiger charge is -2.25. The molecule has 6 nitrogen and oxygen atoms in total. The highest BCUT2D eigenvalue weighted by molar-refractivity contribution is 5.80. The SMILES string of the molecule is CN=C(NCCN(CCOC)C1CC1)NC1CCN(C2CCCC2)C1. The molecule has 25 heavy (non-hydrogen) atoms. The maximum Gasteiger partial charge on any atom is 0.191 e. The molecule has 1 heterocycles. The van der Waals surface area contributed by atoms with Gasteiger partial charge < -0.3 is 15.4 Å². The molecule has 1 saturated heterocycles. The molecule has 0 bridgehead atoms. The summed E-state index contributed by atoms with van der Waals surface area (Å²) >= 11 is 0. The predicted octanol–water partition coefficient (Wildman–Crippen LogP) is 1.28. The highest BCUT2D eigenvalue weighted by atomic mass is 16.5. The number of nitrogens with zero attached hydrogens (tertiary/aromatic N) is 3. The first-order chi connectivity index (χ1) is 12.3. The lowest BCUT2D eigenvalue weighted by Crippen LogP contribution is -2.47. The fourth-order valence-corrected chi connectivity index (χ4v) is 4.34. The van der Waals surface area contributed by atoms with Gasteiger partial charge in [0.25, 0.3) is 0 Å². The van der Waals surface area contributed by atoms with Crippen LogP contribution in [0.1, 0.15) is 44.9 Å². The van der Waals surface area contributed by atoms with E-state index in [1.165, 1.54) is 58.0 Å². The Morgan fingerprint density at radius 1 is 1.16 bits per heavy atom. The first-order valence-corrected chi connectivity index (χ1v) is 10.2. The number of aliphatic imine (C=N–C) groups is 1. The molecule has 3 aliphatic rings. The average molecular weight is 352 g/mol. The van der Waals surface area contributed by atoms with Crippen LogP contribution in [-0.2, 0) is 4.74 Å². The molecule has 0 aromatic rings. The molecule has 1 atom stereocenters. The first-order valence-electron chi connectivity index (χ1n) is 10.2. The molecule has 2 saturated carbocycles. The second-order valence-corrected chi connectivity index (χ2v) is 7.82. The molecule has 3 rings (SSSR count). The molecule has 2 N–H and O–H groups in total. The number of methoxy groups -OCH3 is 1. The van der Waals surface area contributed by atoms with E-state index < -0.39 is 0 Å². The van der Waals surface area contributed by atoms with Crippen molar-refractivity contribution in [3.8, 4) is 0 Å². The molecular weight excluding hydrogens is 314 g/mol. The molecule has 6 heteroatoms. The minimum Gasteiger partial charge on any atom is -0.383 e. The van der Waals surface area contributed by atoms with Crippen LogP contribution in [0.2, 0.25) is 0 Å². The van der Waals surface area contributed by atoms with Gasteiger partial charge in [-0.15, -0.1) is 0 Å². The number of guanidine groups is 1. The van der Waals surface area contributed by atoms with Crippen molar-refractivity contribution in [1.29, 1.82) is 0 Å². The predicted molar refractivity (Wildman–Crippen MR) is 103 cm³/mol. The fraction of sp³-hybridized carbons (Fsp3) is 0.947. The number of nitrogens with one attached hydrogen (secondary N) is 2. The Morgan fingerprint density at radius 2 is 1.96 bits per heavy atom. The van der Waals surface area contributed by atoms with E-state index in [4.69, 9.17) is 4.74 Å². The first kappa shape index (κ1) is 18.9. The van der Waals surface area contributed by atoms with Crippen molar-refractivity contribution in [2.45, 2.75) is 63.1 Å². The Bertz CT molecular complexity index is 420. The summed E-state index contributed by atoms with van der Waals surface area (Å²) in [4.78, 5) is 9.66. The van der Waals surface area contributed by atoms with E-state index in [1.54, 1.807) is 7.11 Å². The summed E-state index contributed by atoms with van der Waals surface area (Å²) in [5.74, 6) is 0.959. The summed E-state index contributed by atoms with van der Waals surface area (Å²) in [5, 5.41) is 7.14. The minimum absolute atomic E-state index is 0.542. The van der Waals surface area contributed by atoms with Crippen LogP contribution < -0.4 is 10.6 Å². The van der Waals surface area contributed by atoms with Crippen molar-refractivity contribution < 1.29 is 4.74 Å². The second-order valence-electron chi connectivity index (χ2n) is 7.82. The molecule has 3 fully saturated rings. The summed E-state index contributed by atoms with van der Waals surface area (Å²) in [6.07, 6.45) is 9.56. The van der Waals surface area contributed by atoms with Gasteiger partial charge in [-0.2, -0.15) is 0 Å². The van der Waals surface area contributed by atoms with Crippen molar-refractivity contribution in [2.75, 3.05) is 53.5 Å². The largest absolute Gasteiger partial charge is 0.383 e. The van der Waals surface area contributed by atoms with Crippen molar-refractivity contribution in [1.82, 2.24) is 20.4 Å². The molecule has 144 valence electrons. The maximum absolute atomic E-state index is 5.24. The number of likely N-dealkylation sites (tertiary alicyclic amines) is 1. The van der Waals surface area contributed by atoms with Gasteiger partial charge in [0.05, 0.1) is 6.61 Å². The minimum atomic E-state index is 0.542. The molecule has 0 radical (unpaired) electrons. The van der Waals surface area contributed by atoms with E-state index in [9.17, 15) is 0 Å². The van der Waals surface area contributed by atoms with Crippen LogP contribution in [0.4, 0.5) is 0 Å². The third-order valence-corrected chi connectivity index (χ3v) is 5.96. The quantitative estimate of drug-likeness (QED) is 0.484. The molecule has 0 spiro atoms. The lowest BCUT2D eigenvalue weighted by molar-refractivity contribution is 0.144. The van der Waals surface area contributed by atoms with Crippen LogP contribution in [0.15, 0.2) is 4.99 Å². The van der Waals surface area contributed by atoms with Gasteiger partial charge in [-0.1, -0.05) is 12.8 Å². The Morgan fingerprint density at radius 3 is 2.64 bits per heavy atom. The van der Waals surface area contributed by atoms with Crippen LogP contribution in [0, 0.1) is 0 Å². The van der Waals surface area contributed by atoms with E-state index in [0.717, 1.165) is 44.3 Å². The van der Waals surface area contributed by atoms with Gasteiger partial charge in [0.1, 0.15) is 0 Å². The average Bonchev–Trinajstić information content (AvgIpc) is 3.12. The molecule has 0 aromatic carbocycles. The van der Waals surface area contributed by atoms with Crippen LogP contribution in [-0.4, -0.2) is 87.4 Å². The molecule has 1 unspecified atom stereocenters. The van der Waals surface area contributed by atoms with Crippen LogP contribution >= 0.6 is 0 Å². The van der Waals surface area contributed by atoms with Gasteiger partial charge in [0.2, 0.25) is 0 Å². The van der Waals surface area contributed by atoms with Gasteiger partial charge in [-0.3, -0.25) is 14.8 Å². The molecule has 1 aliphatic heterocycles. The van der Waals surface area contributed by atoms with Gasteiger partial charge in [0.15, 0.2) is 5.96 Å². The van der Waals surface area contributed by atoms with Crippen molar-refractivity contribution in [3.63, 3.8) is 0 Å². The molecule has 2 aliphatic carbocycles. The van der Waals surface area contributed by atoms with Crippen LogP contribution in [0.25, 0.3) is 0 Å². The summed E-state index contributed by atoms with van der Waals surface area (Å²) in [5.41, 5.74) is 0. The third-order valence-electron chi connectivity index (χ3n) is 5.96. The smallest absolute Gasteiger partial charge is 0.191 e. The Balaban J connectivity index is 1.35. The second kappa shape index (κ2) is 9.74. The van der Waals surface area contributed by atoms with Gasteiger partial charge >= 0.3 is 0 Å². The fourth-order valence-electron chi connectivity index (χ4n) is 4.34. The summed E-state index contributed by atoms with van der Waals surface area (Å²) < 4.78 is 5.24. The Kier molecular flexibility index (Phi) is 7.37.